The number of aromatic nitrogens is 3. The molecule has 0 bridgehead atoms. The number of benzene rings is 1. The Morgan fingerprint density at radius 1 is 1.13 bits per heavy atom. The predicted octanol–water partition coefficient (Wildman–Crippen LogP) is 4.35. The summed E-state index contributed by atoms with van der Waals surface area (Å²) in [5.74, 6) is 2.59. The highest BCUT2D eigenvalue weighted by atomic mass is 16.5. The van der Waals surface area contributed by atoms with Crippen LogP contribution < -0.4 is 10.1 Å². The highest BCUT2D eigenvalue weighted by molar-refractivity contribution is 5.38. The number of rotatable bonds is 7. The zero-order valence-electron chi connectivity index (χ0n) is 18.6. The highest BCUT2D eigenvalue weighted by Crippen LogP contribution is 2.34. The van der Waals surface area contributed by atoms with Crippen LogP contribution in [0.15, 0.2) is 54.7 Å². The number of likely N-dealkylation sites (tertiary alicyclic amines) is 1. The summed E-state index contributed by atoms with van der Waals surface area (Å²) >= 11 is 0. The monoisotopic (exact) mass is 417 g/mol. The number of pyridine rings is 1. The van der Waals surface area contributed by atoms with Crippen LogP contribution in [-0.4, -0.2) is 40.0 Å². The molecule has 6 nitrogen and oxygen atoms in total. The second kappa shape index (κ2) is 9.43. The van der Waals surface area contributed by atoms with Crippen LogP contribution in [0, 0.1) is 6.92 Å². The van der Waals surface area contributed by atoms with Crippen molar-refractivity contribution in [3.8, 4) is 5.75 Å². The van der Waals surface area contributed by atoms with Crippen molar-refractivity contribution < 1.29 is 4.74 Å². The standard InChI is InChI=1S/C25H31N5O/c1-19-28-23(15-24(26-3)29-19)25(2)11-7-13-30(18-25)16-20-8-6-10-22(14-20)31-17-21-9-4-5-12-27-21/h4-6,8-10,12,14-15H,7,11,13,16-18H2,1-3H3,(H,26,28,29)/t25-/m0/s1. The number of hydrogen-bond donors (Lipinski definition) is 1. The first kappa shape index (κ1) is 21.2. The van der Waals surface area contributed by atoms with Crippen LogP contribution in [0.4, 0.5) is 5.82 Å². The average Bonchev–Trinajstić information content (AvgIpc) is 2.78. The molecule has 0 aliphatic carbocycles. The van der Waals surface area contributed by atoms with Crippen molar-refractivity contribution in [1.29, 1.82) is 0 Å². The van der Waals surface area contributed by atoms with Crippen molar-refractivity contribution in [3.05, 3.63) is 77.5 Å². The summed E-state index contributed by atoms with van der Waals surface area (Å²) < 4.78 is 5.97. The Labute approximate surface area is 184 Å². The third-order valence-electron chi connectivity index (χ3n) is 5.91. The predicted molar refractivity (Wildman–Crippen MR) is 123 cm³/mol. The first-order valence-corrected chi connectivity index (χ1v) is 10.9. The van der Waals surface area contributed by atoms with E-state index in [0.29, 0.717) is 6.61 Å². The zero-order valence-corrected chi connectivity index (χ0v) is 18.6. The molecule has 0 radical (unpaired) electrons. The largest absolute Gasteiger partial charge is 0.487 e. The van der Waals surface area contributed by atoms with Crippen molar-refractivity contribution in [2.75, 3.05) is 25.5 Å². The van der Waals surface area contributed by atoms with E-state index in [1.54, 1.807) is 6.20 Å². The van der Waals surface area contributed by atoms with Crippen molar-refractivity contribution in [1.82, 2.24) is 19.9 Å². The van der Waals surface area contributed by atoms with Gasteiger partial charge in [0.1, 0.15) is 24.0 Å². The Kier molecular flexibility index (Phi) is 6.47. The number of ether oxygens (including phenoxy) is 1. The molecule has 6 heteroatoms. The summed E-state index contributed by atoms with van der Waals surface area (Å²) in [5.41, 5.74) is 3.34. The molecule has 1 aromatic carbocycles. The third-order valence-corrected chi connectivity index (χ3v) is 5.91. The molecule has 162 valence electrons. The average molecular weight is 418 g/mol. The van der Waals surface area contributed by atoms with E-state index in [1.807, 2.05) is 38.2 Å². The first-order chi connectivity index (χ1) is 15.0. The SMILES string of the molecule is CNc1cc([C@@]2(C)CCCN(Cc3cccc(OCc4ccccn4)c3)C2)nc(C)n1. The van der Waals surface area contributed by atoms with Crippen LogP contribution >= 0.6 is 0 Å². The van der Waals surface area contributed by atoms with Crippen LogP contribution in [0.25, 0.3) is 0 Å². The number of hydrogen-bond acceptors (Lipinski definition) is 6. The fraction of sp³-hybridized carbons (Fsp3) is 0.400. The van der Waals surface area contributed by atoms with E-state index < -0.39 is 0 Å². The van der Waals surface area contributed by atoms with Crippen LogP contribution in [0.3, 0.4) is 0 Å². The molecule has 1 aliphatic rings. The van der Waals surface area contributed by atoms with Crippen molar-refractivity contribution >= 4 is 5.82 Å². The Morgan fingerprint density at radius 2 is 2.03 bits per heavy atom. The summed E-state index contributed by atoms with van der Waals surface area (Å²) in [6, 6.07) is 16.4. The minimum Gasteiger partial charge on any atom is -0.487 e. The molecule has 1 saturated heterocycles. The molecular weight excluding hydrogens is 386 g/mol. The minimum absolute atomic E-state index is 0.0185. The fourth-order valence-electron chi connectivity index (χ4n) is 4.33. The number of aryl methyl sites for hydroxylation is 1. The number of anilines is 1. The van der Waals surface area contributed by atoms with Gasteiger partial charge in [-0.1, -0.05) is 25.1 Å². The van der Waals surface area contributed by atoms with Crippen molar-refractivity contribution in [2.45, 2.75) is 45.3 Å². The Bertz CT molecular complexity index is 1010. The van der Waals surface area contributed by atoms with Gasteiger partial charge in [-0.15, -0.1) is 0 Å². The van der Waals surface area contributed by atoms with Crippen LogP contribution in [-0.2, 0) is 18.6 Å². The van der Waals surface area contributed by atoms with E-state index in [-0.39, 0.29) is 5.41 Å². The van der Waals surface area contributed by atoms with Crippen LogP contribution in [0.5, 0.6) is 5.75 Å². The molecule has 3 aromatic rings. The molecule has 1 aliphatic heterocycles. The molecule has 4 rings (SSSR count). The third kappa shape index (κ3) is 5.39. The topological polar surface area (TPSA) is 63.2 Å². The van der Waals surface area contributed by atoms with Crippen molar-refractivity contribution in [3.63, 3.8) is 0 Å². The van der Waals surface area contributed by atoms with Gasteiger partial charge in [-0.25, -0.2) is 9.97 Å². The summed E-state index contributed by atoms with van der Waals surface area (Å²) in [6.07, 6.45) is 4.09. The molecular formula is C25H31N5O. The second-order valence-corrected chi connectivity index (χ2v) is 8.57. The fourth-order valence-corrected chi connectivity index (χ4v) is 4.33. The van der Waals surface area contributed by atoms with Gasteiger partial charge in [0, 0.05) is 37.8 Å². The van der Waals surface area contributed by atoms with Crippen LogP contribution in [0.2, 0.25) is 0 Å². The molecule has 0 saturated carbocycles. The van der Waals surface area contributed by atoms with Gasteiger partial charge in [0.05, 0.1) is 11.4 Å². The van der Waals surface area contributed by atoms with E-state index in [9.17, 15) is 0 Å². The van der Waals surface area contributed by atoms with E-state index in [2.05, 4.69) is 51.4 Å². The molecule has 0 amide bonds. The summed E-state index contributed by atoms with van der Waals surface area (Å²) in [5, 5.41) is 3.16. The van der Waals surface area contributed by atoms with Crippen LogP contribution in [0.1, 0.15) is 42.5 Å². The lowest BCUT2D eigenvalue weighted by Crippen LogP contribution is -2.44. The Hall–Kier alpha value is -2.99. The van der Waals surface area contributed by atoms with E-state index in [1.165, 1.54) is 5.56 Å². The Balaban J connectivity index is 1.43. The highest BCUT2D eigenvalue weighted by Gasteiger charge is 2.34. The second-order valence-electron chi connectivity index (χ2n) is 8.57. The van der Waals surface area contributed by atoms with Gasteiger partial charge < -0.3 is 10.1 Å². The quantitative estimate of drug-likeness (QED) is 0.616. The normalized spacial score (nSPS) is 19.2. The maximum Gasteiger partial charge on any atom is 0.130 e. The number of nitrogens with one attached hydrogen (secondary N) is 1. The summed E-state index contributed by atoms with van der Waals surface area (Å²) in [4.78, 5) is 16.1. The molecule has 1 N–H and O–H groups in total. The lowest BCUT2D eigenvalue weighted by atomic mass is 9.78. The van der Waals surface area contributed by atoms with E-state index in [0.717, 1.165) is 61.3 Å². The number of nitrogens with zero attached hydrogens (tertiary/aromatic N) is 4. The maximum atomic E-state index is 5.97. The molecule has 1 atom stereocenters. The van der Waals surface area contributed by atoms with Gasteiger partial charge in [-0.3, -0.25) is 9.88 Å². The van der Waals surface area contributed by atoms with Crippen molar-refractivity contribution in [2.24, 2.45) is 0 Å². The molecule has 3 heterocycles. The van der Waals surface area contributed by atoms with E-state index in [4.69, 9.17) is 9.72 Å². The van der Waals surface area contributed by atoms with Gasteiger partial charge >= 0.3 is 0 Å². The summed E-state index contributed by atoms with van der Waals surface area (Å²) in [6.45, 7) is 7.74. The molecule has 31 heavy (non-hydrogen) atoms. The summed E-state index contributed by atoms with van der Waals surface area (Å²) in [7, 11) is 1.91. The van der Waals surface area contributed by atoms with Gasteiger partial charge in [-0.2, -0.15) is 0 Å². The molecule has 0 unspecified atom stereocenters. The molecule has 2 aromatic heterocycles. The first-order valence-electron chi connectivity index (χ1n) is 10.9. The maximum absolute atomic E-state index is 5.97. The lowest BCUT2D eigenvalue weighted by Gasteiger charge is -2.40. The van der Waals surface area contributed by atoms with Gasteiger partial charge in [-0.05, 0) is 56.1 Å². The smallest absolute Gasteiger partial charge is 0.130 e. The minimum atomic E-state index is 0.0185. The van der Waals surface area contributed by atoms with Gasteiger partial charge in [0.25, 0.3) is 0 Å². The Morgan fingerprint density at radius 3 is 2.84 bits per heavy atom. The van der Waals surface area contributed by atoms with Gasteiger partial charge in [0.2, 0.25) is 0 Å². The molecule has 0 spiro atoms. The zero-order chi connectivity index (χ0) is 21.7. The van der Waals surface area contributed by atoms with Gasteiger partial charge in [0.15, 0.2) is 0 Å². The lowest BCUT2D eigenvalue weighted by molar-refractivity contribution is 0.147. The molecule has 1 fully saturated rings. The number of piperidine rings is 1. The van der Waals surface area contributed by atoms with E-state index >= 15 is 0 Å².